The van der Waals surface area contributed by atoms with E-state index < -0.39 is 11.2 Å². The van der Waals surface area contributed by atoms with E-state index in [-0.39, 0.29) is 29.5 Å². The van der Waals surface area contributed by atoms with Gasteiger partial charge in [0.05, 0.1) is 12.2 Å². The first-order valence-electron chi connectivity index (χ1n) is 10.1. The number of ether oxygens (including phenoxy) is 1. The molecule has 0 radical (unpaired) electrons. The summed E-state index contributed by atoms with van der Waals surface area (Å²) in [6.45, 7) is 7.26. The molecule has 0 spiro atoms. The highest BCUT2D eigenvalue weighted by molar-refractivity contribution is 7.15. The minimum absolute atomic E-state index is 0.102. The van der Waals surface area contributed by atoms with Crippen LogP contribution in [0.3, 0.4) is 0 Å². The van der Waals surface area contributed by atoms with Crippen molar-refractivity contribution in [1.82, 2.24) is 18.9 Å². The Morgan fingerprint density at radius 3 is 2.74 bits per heavy atom. The molecule has 0 atom stereocenters. The summed E-state index contributed by atoms with van der Waals surface area (Å²) < 4.78 is 8.07. The number of nitrogens with one attached hydrogen (secondary N) is 1. The van der Waals surface area contributed by atoms with Crippen molar-refractivity contribution < 1.29 is 4.74 Å². The summed E-state index contributed by atoms with van der Waals surface area (Å²) in [4.78, 5) is 46.9. The zero-order chi connectivity index (χ0) is 22.7. The molecule has 0 aromatic carbocycles. The number of hydrogen-bond acceptors (Lipinski definition) is 8. The monoisotopic (exact) mass is 448 g/mol. The second-order valence-corrected chi connectivity index (χ2v) is 8.68. The Labute approximate surface area is 182 Å². The molecule has 0 bridgehead atoms. The van der Waals surface area contributed by atoms with Gasteiger partial charge in [-0.3, -0.25) is 23.5 Å². The van der Waals surface area contributed by atoms with Gasteiger partial charge in [0.2, 0.25) is 0 Å². The maximum Gasteiger partial charge on any atom is 0.330 e. The van der Waals surface area contributed by atoms with Crippen molar-refractivity contribution in [3.8, 4) is 0 Å². The highest BCUT2D eigenvalue weighted by atomic mass is 32.1. The zero-order valence-electron chi connectivity index (χ0n) is 18.2. The molecule has 10 nitrogen and oxygen atoms in total. The van der Waals surface area contributed by atoms with Gasteiger partial charge in [0.15, 0.2) is 4.96 Å². The molecule has 3 heterocycles. The molecule has 0 saturated carbocycles. The Bertz CT molecular complexity index is 1240. The maximum atomic E-state index is 12.7. The van der Waals surface area contributed by atoms with Gasteiger partial charge in [0, 0.05) is 43.9 Å². The van der Waals surface area contributed by atoms with Gasteiger partial charge >= 0.3 is 5.69 Å². The number of methoxy groups -OCH3 is 1. The lowest BCUT2D eigenvalue weighted by Gasteiger charge is -2.26. The van der Waals surface area contributed by atoms with Gasteiger partial charge in [-0.15, -0.1) is 11.3 Å². The molecule has 0 amide bonds. The van der Waals surface area contributed by atoms with Gasteiger partial charge in [-0.05, 0) is 19.3 Å². The minimum atomic E-state index is -0.565. The summed E-state index contributed by atoms with van der Waals surface area (Å²) in [5.41, 5.74) is 6.55. The van der Waals surface area contributed by atoms with Gasteiger partial charge in [-0.25, -0.2) is 9.78 Å². The Balaban J connectivity index is 2.07. The van der Waals surface area contributed by atoms with Gasteiger partial charge in [0.25, 0.3) is 11.1 Å². The van der Waals surface area contributed by atoms with Crippen molar-refractivity contribution in [2.45, 2.75) is 40.3 Å². The second kappa shape index (κ2) is 9.48. The largest absolute Gasteiger partial charge is 0.385 e. The molecule has 3 aromatic rings. The molecule has 31 heavy (non-hydrogen) atoms. The maximum absolute atomic E-state index is 12.7. The van der Waals surface area contributed by atoms with Crippen LogP contribution in [0.5, 0.6) is 0 Å². The molecule has 0 unspecified atom stereocenters. The van der Waals surface area contributed by atoms with E-state index in [2.05, 4.69) is 9.97 Å². The number of rotatable bonds is 9. The SMILES string of the molecule is COCCCN(Cc1cc(=O)n2c(C)csc2n1)c1c(N)n(CC(C)C)c(=O)[nH]c1=O. The van der Waals surface area contributed by atoms with E-state index in [1.165, 1.54) is 22.0 Å². The first kappa shape index (κ1) is 22.8. The van der Waals surface area contributed by atoms with Gasteiger partial charge in [-0.1, -0.05) is 13.8 Å². The quantitative estimate of drug-likeness (QED) is 0.471. The van der Waals surface area contributed by atoms with Crippen LogP contribution in [0.1, 0.15) is 31.7 Å². The molecule has 168 valence electrons. The average molecular weight is 449 g/mol. The molecule has 0 saturated heterocycles. The number of aromatic nitrogens is 4. The van der Waals surface area contributed by atoms with Crippen LogP contribution in [0.25, 0.3) is 4.96 Å². The summed E-state index contributed by atoms with van der Waals surface area (Å²) >= 11 is 1.38. The molecule has 0 aliphatic rings. The zero-order valence-corrected chi connectivity index (χ0v) is 19.0. The third-order valence-corrected chi connectivity index (χ3v) is 5.78. The van der Waals surface area contributed by atoms with Crippen molar-refractivity contribution in [2.24, 2.45) is 5.92 Å². The number of nitrogen functional groups attached to an aromatic ring is 1. The summed E-state index contributed by atoms with van der Waals surface area (Å²) in [5, 5.41) is 1.87. The van der Waals surface area contributed by atoms with Crippen LogP contribution < -0.4 is 27.4 Å². The van der Waals surface area contributed by atoms with Crippen LogP contribution in [0.4, 0.5) is 11.5 Å². The fourth-order valence-corrected chi connectivity index (χ4v) is 4.37. The standard InChI is InChI=1S/C20H28N6O4S/c1-12(2)9-25-17(21)16(18(28)23-19(25)29)24(6-5-7-30-4)10-14-8-15(27)26-13(3)11-31-20(26)22-14/h8,11-12H,5-7,9-10,21H2,1-4H3,(H,23,28,29). The van der Waals surface area contributed by atoms with Crippen LogP contribution in [-0.4, -0.2) is 39.2 Å². The molecule has 0 aliphatic carbocycles. The van der Waals surface area contributed by atoms with Crippen LogP contribution >= 0.6 is 11.3 Å². The smallest absolute Gasteiger partial charge is 0.330 e. The molecule has 3 N–H and O–H groups in total. The normalized spacial score (nSPS) is 11.5. The summed E-state index contributed by atoms with van der Waals surface area (Å²) in [5.74, 6) is 0.261. The Hall–Kier alpha value is -2.92. The highest BCUT2D eigenvalue weighted by Crippen LogP contribution is 2.20. The molecule has 0 fully saturated rings. The van der Waals surface area contributed by atoms with E-state index in [0.29, 0.717) is 36.8 Å². The van der Waals surface area contributed by atoms with Gasteiger partial charge in [0.1, 0.15) is 11.5 Å². The van der Waals surface area contributed by atoms with Gasteiger partial charge < -0.3 is 15.4 Å². The molecular formula is C20H28N6O4S. The van der Waals surface area contributed by atoms with Crippen molar-refractivity contribution in [3.63, 3.8) is 0 Å². The number of aryl methyl sites for hydroxylation is 1. The lowest BCUT2D eigenvalue weighted by Crippen LogP contribution is -2.39. The van der Waals surface area contributed by atoms with E-state index in [0.717, 1.165) is 5.69 Å². The lowest BCUT2D eigenvalue weighted by molar-refractivity contribution is 0.196. The summed E-state index contributed by atoms with van der Waals surface area (Å²) in [6.07, 6.45) is 0.623. The average Bonchev–Trinajstić information content (AvgIpc) is 3.06. The molecule has 0 aliphatic heterocycles. The van der Waals surface area contributed by atoms with Crippen molar-refractivity contribution >= 4 is 27.8 Å². The van der Waals surface area contributed by atoms with E-state index in [1.807, 2.05) is 26.2 Å². The predicted octanol–water partition coefficient (Wildman–Crippen LogP) is 1.20. The van der Waals surface area contributed by atoms with Crippen molar-refractivity contribution in [1.29, 1.82) is 0 Å². The third-order valence-electron chi connectivity index (χ3n) is 4.84. The lowest BCUT2D eigenvalue weighted by atomic mass is 10.2. The first-order valence-corrected chi connectivity index (χ1v) is 10.9. The number of fused-ring (bicyclic) bond motifs is 1. The van der Waals surface area contributed by atoms with Gasteiger partial charge in [-0.2, -0.15) is 0 Å². The molecule has 11 heteroatoms. The Morgan fingerprint density at radius 2 is 2.06 bits per heavy atom. The topological polar surface area (TPSA) is 128 Å². The number of aromatic amines is 1. The number of H-pyrrole nitrogens is 1. The van der Waals surface area contributed by atoms with Crippen molar-refractivity contribution in [3.05, 3.63) is 54.0 Å². The minimum Gasteiger partial charge on any atom is -0.385 e. The van der Waals surface area contributed by atoms with Crippen LogP contribution in [0.2, 0.25) is 0 Å². The first-order chi connectivity index (χ1) is 14.7. The highest BCUT2D eigenvalue weighted by Gasteiger charge is 2.20. The van der Waals surface area contributed by atoms with Crippen LogP contribution in [-0.2, 0) is 17.8 Å². The molecule has 3 aromatic heterocycles. The fourth-order valence-electron chi connectivity index (χ4n) is 3.48. The number of nitrogens with zero attached hydrogens (tertiary/aromatic N) is 4. The van der Waals surface area contributed by atoms with E-state index in [4.69, 9.17) is 10.5 Å². The number of hydrogen-bond donors (Lipinski definition) is 2. The summed E-state index contributed by atoms with van der Waals surface area (Å²) in [6, 6.07) is 1.46. The Kier molecular flexibility index (Phi) is 6.96. The fraction of sp³-hybridized carbons (Fsp3) is 0.500. The van der Waals surface area contributed by atoms with E-state index in [1.54, 1.807) is 16.4 Å². The Morgan fingerprint density at radius 1 is 1.32 bits per heavy atom. The van der Waals surface area contributed by atoms with E-state index in [9.17, 15) is 14.4 Å². The van der Waals surface area contributed by atoms with Crippen LogP contribution in [0, 0.1) is 12.8 Å². The second-order valence-electron chi connectivity index (χ2n) is 7.85. The number of anilines is 2. The molecular weight excluding hydrogens is 420 g/mol. The number of nitrogens with two attached hydrogens (primary N) is 1. The molecule has 3 rings (SSSR count). The van der Waals surface area contributed by atoms with Crippen LogP contribution in [0.15, 0.2) is 25.8 Å². The predicted molar refractivity (Wildman–Crippen MR) is 122 cm³/mol. The van der Waals surface area contributed by atoms with E-state index >= 15 is 0 Å². The third kappa shape index (κ3) is 4.88. The summed E-state index contributed by atoms with van der Waals surface area (Å²) in [7, 11) is 1.60. The van der Waals surface area contributed by atoms with Crippen molar-refractivity contribution in [2.75, 3.05) is 30.9 Å². The number of thiazole rings is 1.